The molecule has 2 aliphatic rings. The normalized spacial score (nSPS) is 22.5. The van der Waals surface area contributed by atoms with Crippen LogP contribution in [0.5, 0.6) is 0 Å². The Balaban J connectivity index is 1.89. The summed E-state index contributed by atoms with van der Waals surface area (Å²) in [5, 5.41) is 9.76. The van der Waals surface area contributed by atoms with E-state index in [2.05, 4.69) is 0 Å². The molecular formula is C18H24O4S. The highest BCUT2D eigenvalue weighted by atomic mass is 32.2. The maximum atomic E-state index is 11.9. The van der Waals surface area contributed by atoms with E-state index in [1.807, 2.05) is 24.3 Å². The molecule has 0 aliphatic heterocycles. The van der Waals surface area contributed by atoms with Crippen LogP contribution < -0.4 is 0 Å². The van der Waals surface area contributed by atoms with Crippen LogP contribution >= 0.6 is 0 Å². The van der Waals surface area contributed by atoms with Gasteiger partial charge in [-0.1, -0.05) is 43.5 Å². The van der Waals surface area contributed by atoms with Gasteiger partial charge in [0.25, 0.3) is 0 Å². The number of aliphatic carboxylic acids is 1. The van der Waals surface area contributed by atoms with Gasteiger partial charge in [-0.05, 0) is 36.8 Å². The van der Waals surface area contributed by atoms with Crippen LogP contribution in [0.2, 0.25) is 0 Å². The van der Waals surface area contributed by atoms with Gasteiger partial charge >= 0.3 is 5.97 Å². The Kier molecular flexibility index (Phi) is 4.03. The van der Waals surface area contributed by atoms with E-state index in [4.69, 9.17) is 0 Å². The molecule has 0 bridgehead atoms. The first-order valence-electron chi connectivity index (χ1n) is 8.30. The number of benzene rings is 1. The van der Waals surface area contributed by atoms with Crippen LogP contribution in [0, 0.1) is 0 Å². The maximum Gasteiger partial charge on any atom is 0.314 e. The standard InChI is InChI=1S/C18H24O4S/c1-23(21,22)13-17(11-12-17)14-5-7-15(8-6-14)18(16(19)20)9-3-2-4-10-18/h5-8H,2-4,9-13H2,1H3,(H,19,20). The summed E-state index contributed by atoms with van der Waals surface area (Å²) >= 11 is 0. The van der Waals surface area contributed by atoms with Crippen molar-refractivity contribution in [2.45, 2.75) is 55.8 Å². The van der Waals surface area contributed by atoms with Gasteiger partial charge in [-0.2, -0.15) is 0 Å². The fourth-order valence-corrected chi connectivity index (χ4v) is 5.55. The summed E-state index contributed by atoms with van der Waals surface area (Å²) in [6, 6.07) is 7.73. The average molecular weight is 336 g/mol. The third-order valence-electron chi connectivity index (χ3n) is 5.56. The van der Waals surface area contributed by atoms with Gasteiger partial charge in [0.15, 0.2) is 0 Å². The molecule has 5 heteroatoms. The van der Waals surface area contributed by atoms with Crippen molar-refractivity contribution in [1.29, 1.82) is 0 Å². The minimum Gasteiger partial charge on any atom is -0.481 e. The van der Waals surface area contributed by atoms with Crippen LogP contribution in [0.4, 0.5) is 0 Å². The highest BCUT2D eigenvalue weighted by molar-refractivity contribution is 7.90. The molecular weight excluding hydrogens is 312 g/mol. The number of carboxylic acid groups (broad SMARTS) is 1. The Hall–Kier alpha value is -1.36. The number of carboxylic acids is 1. The predicted molar refractivity (Wildman–Crippen MR) is 89.5 cm³/mol. The predicted octanol–water partition coefficient (Wildman–Crippen LogP) is 3.05. The molecule has 23 heavy (non-hydrogen) atoms. The molecule has 1 aromatic rings. The van der Waals surface area contributed by atoms with Crippen LogP contribution in [-0.4, -0.2) is 31.5 Å². The van der Waals surface area contributed by atoms with E-state index in [-0.39, 0.29) is 11.2 Å². The highest BCUT2D eigenvalue weighted by Gasteiger charge is 2.47. The van der Waals surface area contributed by atoms with Crippen LogP contribution in [0.25, 0.3) is 0 Å². The number of carbonyl (C=O) groups is 1. The number of sulfone groups is 1. The SMILES string of the molecule is CS(=O)(=O)CC1(c2ccc(C3(C(=O)O)CCCCC3)cc2)CC1. The van der Waals surface area contributed by atoms with Gasteiger partial charge in [0, 0.05) is 11.7 Å². The smallest absolute Gasteiger partial charge is 0.314 e. The van der Waals surface area contributed by atoms with Crippen LogP contribution in [0.3, 0.4) is 0 Å². The van der Waals surface area contributed by atoms with E-state index in [1.165, 1.54) is 6.26 Å². The molecule has 3 rings (SSSR count). The molecule has 0 saturated heterocycles. The Morgan fingerprint density at radius 1 is 1.00 bits per heavy atom. The molecule has 0 radical (unpaired) electrons. The number of hydrogen-bond acceptors (Lipinski definition) is 3. The van der Waals surface area contributed by atoms with Gasteiger partial charge < -0.3 is 5.11 Å². The van der Waals surface area contributed by atoms with E-state index in [0.717, 1.165) is 43.2 Å². The molecule has 0 spiro atoms. The Morgan fingerprint density at radius 2 is 1.52 bits per heavy atom. The summed E-state index contributed by atoms with van der Waals surface area (Å²) in [4.78, 5) is 11.9. The van der Waals surface area contributed by atoms with Crippen molar-refractivity contribution >= 4 is 15.8 Å². The van der Waals surface area contributed by atoms with Crippen LogP contribution in [-0.2, 0) is 25.5 Å². The zero-order valence-corrected chi connectivity index (χ0v) is 14.4. The molecule has 2 saturated carbocycles. The van der Waals surface area contributed by atoms with E-state index in [9.17, 15) is 18.3 Å². The lowest BCUT2D eigenvalue weighted by molar-refractivity contribution is -0.145. The quantitative estimate of drug-likeness (QED) is 0.897. The summed E-state index contributed by atoms with van der Waals surface area (Å²) in [6.07, 6.45) is 7.45. The van der Waals surface area contributed by atoms with Gasteiger partial charge in [-0.25, -0.2) is 8.42 Å². The molecule has 4 nitrogen and oxygen atoms in total. The molecule has 0 amide bonds. The molecule has 1 N–H and O–H groups in total. The van der Waals surface area contributed by atoms with Crippen molar-refractivity contribution in [3.05, 3.63) is 35.4 Å². The lowest BCUT2D eigenvalue weighted by atomic mass is 9.69. The summed E-state index contributed by atoms with van der Waals surface area (Å²) in [5.41, 5.74) is 0.894. The van der Waals surface area contributed by atoms with Gasteiger partial charge in [-0.3, -0.25) is 4.79 Å². The third kappa shape index (κ3) is 3.16. The van der Waals surface area contributed by atoms with Crippen molar-refractivity contribution in [3.63, 3.8) is 0 Å². The highest BCUT2D eigenvalue weighted by Crippen LogP contribution is 2.49. The molecule has 0 atom stereocenters. The lowest BCUT2D eigenvalue weighted by Crippen LogP contribution is -2.37. The van der Waals surface area contributed by atoms with Gasteiger partial charge in [-0.15, -0.1) is 0 Å². The zero-order chi connectivity index (χ0) is 16.7. The first-order valence-corrected chi connectivity index (χ1v) is 10.4. The minimum absolute atomic E-state index is 0.184. The number of hydrogen-bond donors (Lipinski definition) is 1. The molecule has 1 aromatic carbocycles. The van der Waals surface area contributed by atoms with E-state index in [0.29, 0.717) is 12.8 Å². The Labute approximate surface area is 137 Å². The summed E-state index contributed by atoms with van der Waals surface area (Å²) in [5.74, 6) is -0.550. The van der Waals surface area contributed by atoms with Crippen LogP contribution in [0.15, 0.2) is 24.3 Å². The zero-order valence-electron chi connectivity index (χ0n) is 13.5. The first kappa shape index (κ1) is 16.5. The van der Waals surface area contributed by atoms with Crippen molar-refractivity contribution in [2.24, 2.45) is 0 Å². The van der Waals surface area contributed by atoms with Gasteiger partial charge in [0.05, 0.1) is 11.2 Å². The monoisotopic (exact) mass is 336 g/mol. The third-order valence-corrected chi connectivity index (χ3v) is 6.64. The van der Waals surface area contributed by atoms with Crippen molar-refractivity contribution < 1.29 is 18.3 Å². The first-order chi connectivity index (χ1) is 10.8. The number of rotatable bonds is 5. The molecule has 0 aromatic heterocycles. The molecule has 2 aliphatic carbocycles. The Morgan fingerprint density at radius 3 is 1.96 bits per heavy atom. The largest absolute Gasteiger partial charge is 0.481 e. The van der Waals surface area contributed by atoms with Crippen LogP contribution in [0.1, 0.15) is 56.1 Å². The summed E-state index contributed by atoms with van der Waals surface area (Å²) in [6.45, 7) is 0. The second-order valence-corrected chi connectivity index (χ2v) is 9.52. The minimum atomic E-state index is -3.02. The molecule has 0 heterocycles. The second kappa shape index (κ2) is 5.62. The van der Waals surface area contributed by atoms with E-state index < -0.39 is 21.2 Å². The topological polar surface area (TPSA) is 71.4 Å². The van der Waals surface area contributed by atoms with Crippen molar-refractivity contribution in [1.82, 2.24) is 0 Å². The molecule has 2 fully saturated rings. The second-order valence-electron chi connectivity index (χ2n) is 7.38. The summed E-state index contributed by atoms with van der Waals surface area (Å²) in [7, 11) is -3.02. The fourth-order valence-electron chi connectivity index (χ4n) is 4.09. The van der Waals surface area contributed by atoms with Gasteiger partial charge in [0.1, 0.15) is 9.84 Å². The van der Waals surface area contributed by atoms with Crippen molar-refractivity contribution in [3.8, 4) is 0 Å². The molecule has 126 valence electrons. The summed E-state index contributed by atoms with van der Waals surface area (Å²) < 4.78 is 23.3. The lowest BCUT2D eigenvalue weighted by Gasteiger charge is -2.34. The maximum absolute atomic E-state index is 11.9. The average Bonchev–Trinajstić information content (AvgIpc) is 3.26. The van der Waals surface area contributed by atoms with E-state index in [1.54, 1.807) is 0 Å². The van der Waals surface area contributed by atoms with Gasteiger partial charge in [0.2, 0.25) is 0 Å². The van der Waals surface area contributed by atoms with Crippen molar-refractivity contribution in [2.75, 3.05) is 12.0 Å². The van der Waals surface area contributed by atoms with E-state index >= 15 is 0 Å². The Bertz CT molecular complexity index is 693. The molecule has 0 unspecified atom stereocenters. The fraction of sp³-hybridized carbons (Fsp3) is 0.611.